The Bertz CT molecular complexity index is 1600. The number of nitrogens with zero attached hydrogens (tertiary/aromatic N) is 1. The summed E-state index contributed by atoms with van der Waals surface area (Å²) in [4.78, 5) is 29.3. The zero-order valence-corrected chi connectivity index (χ0v) is 20.6. The first-order valence-electron chi connectivity index (χ1n) is 12.3. The highest BCUT2D eigenvalue weighted by Crippen LogP contribution is 2.53. The number of anilines is 1. The summed E-state index contributed by atoms with van der Waals surface area (Å²) < 4.78 is 43.4. The minimum atomic E-state index is -4.95. The normalized spacial score (nSPS) is 24.2. The molecular formula is C28H23F3N4O4. The molecule has 1 amide bonds. The minimum absolute atomic E-state index is 0.174. The van der Waals surface area contributed by atoms with E-state index in [2.05, 4.69) is 20.4 Å². The number of amides is 1. The lowest BCUT2D eigenvalue weighted by Gasteiger charge is -2.30. The molecule has 1 saturated heterocycles. The Morgan fingerprint density at radius 2 is 1.82 bits per heavy atom. The van der Waals surface area contributed by atoms with E-state index in [0.717, 1.165) is 34.2 Å². The number of hydrogen-bond acceptors (Lipinski definition) is 5. The molecule has 2 aliphatic rings. The lowest BCUT2D eigenvalue weighted by molar-refractivity contribution is -0.526. The average molecular weight is 537 g/mol. The molecule has 1 aromatic heterocycles. The van der Waals surface area contributed by atoms with E-state index >= 15 is 0 Å². The SMILES string of the molecule is Cc1ccc([C@H]2[C@H]([N+](=O)[O-])[C@@H](Cc3c[nH]c4ccccc34)N[C@]23C(=O)Nc2ccc(OC(F)(F)F)cc23)cc1. The molecule has 6 rings (SSSR count). The van der Waals surface area contributed by atoms with Gasteiger partial charge in [-0.2, -0.15) is 0 Å². The fourth-order valence-electron chi connectivity index (χ4n) is 6.11. The van der Waals surface area contributed by atoms with Crippen LogP contribution in [-0.4, -0.2) is 34.3 Å². The number of nitro groups is 1. The number of carbonyl (C=O) groups is 1. The highest BCUT2D eigenvalue weighted by Gasteiger charge is 2.66. The van der Waals surface area contributed by atoms with E-state index in [1.807, 2.05) is 31.2 Å². The number of benzene rings is 3. The second kappa shape index (κ2) is 8.84. The summed E-state index contributed by atoms with van der Waals surface area (Å²) in [6.07, 6.45) is -2.95. The van der Waals surface area contributed by atoms with Crippen LogP contribution in [0, 0.1) is 17.0 Å². The summed E-state index contributed by atoms with van der Waals surface area (Å²) >= 11 is 0. The van der Waals surface area contributed by atoms with Crippen molar-refractivity contribution in [2.75, 3.05) is 5.32 Å². The molecule has 3 heterocycles. The highest BCUT2D eigenvalue weighted by molar-refractivity contribution is 6.07. The summed E-state index contributed by atoms with van der Waals surface area (Å²) in [6, 6.07) is 16.1. The van der Waals surface area contributed by atoms with Crippen molar-refractivity contribution in [3.05, 3.63) is 105 Å². The van der Waals surface area contributed by atoms with Crippen LogP contribution in [0.3, 0.4) is 0 Å². The zero-order chi connectivity index (χ0) is 27.5. The third-order valence-corrected chi connectivity index (χ3v) is 7.68. The van der Waals surface area contributed by atoms with Gasteiger partial charge in [-0.05, 0) is 48.7 Å². The number of carbonyl (C=O) groups excluding carboxylic acids is 1. The Labute approximate surface area is 220 Å². The lowest BCUT2D eigenvalue weighted by atomic mass is 9.74. The number of halogens is 3. The largest absolute Gasteiger partial charge is 0.573 e. The van der Waals surface area contributed by atoms with Crippen LogP contribution in [0.4, 0.5) is 18.9 Å². The molecule has 3 N–H and O–H groups in total. The molecule has 39 heavy (non-hydrogen) atoms. The van der Waals surface area contributed by atoms with Crippen molar-refractivity contribution < 1.29 is 27.6 Å². The van der Waals surface area contributed by atoms with Crippen molar-refractivity contribution in [3.63, 3.8) is 0 Å². The van der Waals surface area contributed by atoms with E-state index in [1.165, 1.54) is 6.07 Å². The number of fused-ring (bicyclic) bond motifs is 3. The van der Waals surface area contributed by atoms with Crippen molar-refractivity contribution in [2.24, 2.45) is 0 Å². The number of aryl methyl sites for hydroxylation is 1. The molecule has 0 radical (unpaired) electrons. The van der Waals surface area contributed by atoms with Gasteiger partial charge in [0.1, 0.15) is 11.3 Å². The van der Waals surface area contributed by atoms with Gasteiger partial charge < -0.3 is 15.0 Å². The Morgan fingerprint density at radius 1 is 1.08 bits per heavy atom. The van der Waals surface area contributed by atoms with E-state index in [9.17, 15) is 28.1 Å². The van der Waals surface area contributed by atoms with Gasteiger partial charge in [0.25, 0.3) is 0 Å². The first-order valence-corrected chi connectivity index (χ1v) is 12.3. The summed E-state index contributed by atoms with van der Waals surface area (Å²) in [7, 11) is 0. The Kier molecular flexibility index (Phi) is 5.65. The molecule has 4 atom stereocenters. The van der Waals surface area contributed by atoms with E-state index in [-0.39, 0.29) is 17.7 Å². The van der Waals surface area contributed by atoms with Gasteiger partial charge >= 0.3 is 6.36 Å². The van der Waals surface area contributed by atoms with Crippen LogP contribution in [0.1, 0.15) is 28.2 Å². The summed E-state index contributed by atoms with van der Waals surface area (Å²) in [5.74, 6) is -2.11. The van der Waals surface area contributed by atoms with Crippen LogP contribution >= 0.6 is 0 Å². The van der Waals surface area contributed by atoms with Gasteiger partial charge in [-0.15, -0.1) is 13.2 Å². The Hall–Kier alpha value is -4.38. The molecule has 4 aromatic rings. The first-order chi connectivity index (χ1) is 18.6. The minimum Gasteiger partial charge on any atom is -0.406 e. The molecule has 1 fully saturated rings. The summed E-state index contributed by atoms with van der Waals surface area (Å²) in [6.45, 7) is 1.87. The third kappa shape index (κ3) is 4.09. The predicted octanol–water partition coefficient (Wildman–Crippen LogP) is 5.17. The standard InChI is InChI=1S/C28H23F3N4O4/c1-15-6-8-16(9-7-15)24-25(35(37)38)23(12-17-14-32-21-5-3-2-4-19(17)21)34-27(24)20-13-18(39-28(29,30)31)10-11-22(20)33-26(27)36/h2-11,13-14,23-25,32,34H,12H2,1H3,(H,33,36)/t23-,24+,25-,27+/m1/s1. The Balaban J connectivity index is 1.52. The fourth-order valence-corrected chi connectivity index (χ4v) is 6.11. The van der Waals surface area contributed by atoms with Crippen LogP contribution in [-0.2, 0) is 16.8 Å². The van der Waals surface area contributed by atoms with E-state index in [1.54, 1.807) is 30.5 Å². The first kappa shape index (κ1) is 24.9. The monoisotopic (exact) mass is 536 g/mol. The number of aromatic nitrogens is 1. The van der Waals surface area contributed by atoms with Crippen LogP contribution in [0.2, 0.25) is 0 Å². The van der Waals surface area contributed by atoms with E-state index in [0.29, 0.717) is 5.56 Å². The van der Waals surface area contributed by atoms with E-state index < -0.39 is 46.5 Å². The lowest BCUT2D eigenvalue weighted by Crippen LogP contribution is -2.49. The van der Waals surface area contributed by atoms with Crippen LogP contribution in [0.5, 0.6) is 5.75 Å². The van der Waals surface area contributed by atoms with E-state index in [4.69, 9.17) is 0 Å². The summed E-state index contributed by atoms with van der Waals surface area (Å²) in [5, 5.41) is 19.6. The molecule has 1 spiro atoms. The molecule has 11 heteroatoms. The molecule has 0 saturated carbocycles. The fraction of sp³-hybridized carbons (Fsp3) is 0.250. The highest BCUT2D eigenvalue weighted by atomic mass is 19.4. The number of H-pyrrole nitrogens is 1. The van der Waals surface area contributed by atoms with Crippen LogP contribution < -0.4 is 15.4 Å². The van der Waals surface area contributed by atoms with Gasteiger partial charge in [0.15, 0.2) is 0 Å². The molecule has 200 valence electrons. The maximum absolute atomic E-state index is 13.8. The van der Waals surface area contributed by atoms with Gasteiger partial charge in [0.05, 0.1) is 12.0 Å². The molecule has 0 aliphatic carbocycles. The number of aromatic amines is 1. The maximum Gasteiger partial charge on any atom is 0.573 e. The smallest absolute Gasteiger partial charge is 0.406 e. The number of rotatable bonds is 5. The van der Waals surface area contributed by atoms with Crippen molar-refractivity contribution >= 4 is 22.5 Å². The average Bonchev–Trinajstić information content (AvgIpc) is 3.52. The molecule has 3 aromatic carbocycles. The number of nitrogens with one attached hydrogen (secondary N) is 3. The van der Waals surface area contributed by atoms with Gasteiger partial charge in [-0.1, -0.05) is 48.0 Å². The van der Waals surface area contributed by atoms with Crippen molar-refractivity contribution in [2.45, 2.75) is 43.2 Å². The maximum atomic E-state index is 13.8. The van der Waals surface area contributed by atoms with Crippen molar-refractivity contribution in [1.29, 1.82) is 0 Å². The van der Waals surface area contributed by atoms with Crippen LogP contribution in [0.15, 0.2) is 72.9 Å². The third-order valence-electron chi connectivity index (χ3n) is 7.68. The van der Waals surface area contributed by atoms with Gasteiger partial charge in [0, 0.05) is 33.3 Å². The van der Waals surface area contributed by atoms with Gasteiger partial charge in [0.2, 0.25) is 11.9 Å². The Morgan fingerprint density at radius 3 is 2.54 bits per heavy atom. The quantitative estimate of drug-likeness (QED) is 0.241. The zero-order valence-electron chi connectivity index (χ0n) is 20.6. The molecular weight excluding hydrogens is 513 g/mol. The number of ether oxygens (including phenoxy) is 1. The molecule has 0 bridgehead atoms. The second-order valence-electron chi connectivity index (χ2n) is 10.00. The molecule has 0 unspecified atom stereocenters. The number of alkyl halides is 3. The van der Waals surface area contributed by atoms with Gasteiger partial charge in [-0.25, -0.2) is 0 Å². The predicted molar refractivity (Wildman–Crippen MR) is 137 cm³/mol. The van der Waals surface area contributed by atoms with Crippen molar-refractivity contribution in [1.82, 2.24) is 10.3 Å². The second-order valence-corrected chi connectivity index (χ2v) is 10.00. The molecule has 8 nitrogen and oxygen atoms in total. The topological polar surface area (TPSA) is 109 Å². The van der Waals surface area contributed by atoms with Crippen LogP contribution in [0.25, 0.3) is 10.9 Å². The molecule has 2 aliphatic heterocycles. The summed E-state index contributed by atoms with van der Waals surface area (Å²) in [5.41, 5.74) is 1.88. The van der Waals surface area contributed by atoms with Gasteiger partial charge in [-0.3, -0.25) is 20.2 Å². The number of hydrogen-bond donors (Lipinski definition) is 3. The van der Waals surface area contributed by atoms with Crippen molar-refractivity contribution in [3.8, 4) is 5.75 Å². The number of para-hydroxylation sites is 1.